The molecule has 0 aliphatic heterocycles. The van der Waals surface area contributed by atoms with E-state index in [1.807, 2.05) is 13.1 Å². The number of pyridine rings is 1. The third-order valence-corrected chi connectivity index (χ3v) is 3.20. The van der Waals surface area contributed by atoms with E-state index in [0.717, 1.165) is 17.0 Å². The second-order valence-corrected chi connectivity index (χ2v) is 4.60. The van der Waals surface area contributed by atoms with Crippen molar-refractivity contribution < 1.29 is 9.31 Å². The van der Waals surface area contributed by atoms with Gasteiger partial charge < -0.3 is 10.3 Å². The number of nitrogens with zero attached hydrogens (tertiary/aromatic N) is 2. The van der Waals surface area contributed by atoms with E-state index in [2.05, 4.69) is 15.3 Å². The molecule has 0 saturated heterocycles. The van der Waals surface area contributed by atoms with Crippen LogP contribution in [0.2, 0.25) is 0 Å². The molecule has 0 bridgehead atoms. The third kappa shape index (κ3) is 2.29. The summed E-state index contributed by atoms with van der Waals surface area (Å²) < 4.78 is 13.9. The summed E-state index contributed by atoms with van der Waals surface area (Å²) in [6.45, 7) is 1.91. The Labute approximate surface area is 118 Å². The average Bonchev–Trinajstić information content (AvgIpc) is 2.83. The predicted octanol–water partition coefficient (Wildman–Crippen LogP) is 3.66. The SMILES string of the molecule is Cc1c[nH]c2nccc(Nc3ccc([N+](=O)[O-])cc3F)c12. The Hall–Kier alpha value is -2.96. The number of rotatable bonds is 3. The van der Waals surface area contributed by atoms with Crippen LogP contribution >= 0.6 is 0 Å². The van der Waals surface area contributed by atoms with Gasteiger partial charge in [-0.2, -0.15) is 0 Å². The lowest BCUT2D eigenvalue weighted by Crippen LogP contribution is -1.97. The smallest absolute Gasteiger partial charge is 0.272 e. The van der Waals surface area contributed by atoms with E-state index in [9.17, 15) is 14.5 Å². The summed E-state index contributed by atoms with van der Waals surface area (Å²) in [6, 6.07) is 5.23. The topological polar surface area (TPSA) is 83.8 Å². The van der Waals surface area contributed by atoms with Gasteiger partial charge in [-0.25, -0.2) is 9.37 Å². The number of aromatic amines is 1. The van der Waals surface area contributed by atoms with Crippen LogP contribution < -0.4 is 5.32 Å². The maximum Gasteiger partial charge on any atom is 0.272 e. The zero-order valence-electron chi connectivity index (χ0n) is 11.1. The molecule has 0 unspecified atom stereocenters. The fraction of sp³-hybridized carbons (Fsp3) is 0.0714. The van der Waals surface area contributed by atoms with Crippen molar-refractivity contribution >= 4 is 28.1 Å². The molecule has 2 heterocycles. The Morgan fingerprint density at radius 1 is 1.33 bits per heavy atom. The molecule has 1 aromatic carbocycles. The molecule has 0 fully saturated rings. The van der Waals surface area contributed by atoms with Crippen LogP contribution in [0.1, 0.15) is 5.56 Å². The number of fused-ring (bicyclic) bond motifs is 1. The van der Waals surface area contributed by atoms with Crippen LogP contribution in [0.3, 0.4) is 0 Å². The number of hydrogen-bond donors (Lipinski definition) is 2. The van der Waals surface area contributed by atoms with Crippen molar-refractivity contribution in [1.82, 2.24) is 9.97 Å². The summed E-state index contributed by atoms with van der Waals surface area (Å²) in [7, 11) is 0. The van der Waals surface area contributed by atoms with Crippen molar-refractivity contribution in [2.45, 2.75) is 6.92 Å². The van der Waals surface area contributed by atoms with Crippen LogP contribution in [-0.4, -0.2) is 14.9 Å². The molecule has 0 spiro atoms. The first kappa shape index (κ1) is 13.0. The van der Waals surface area contributed by atoms with Gasteiger partial charge in [-0.1, -0.05) is 0 Å². The Balaban J connectivity index is 2.03. The highest BCUT2D eigenvalue weighted by Crippen LogP contribution is 2.29. The van der Waals surface area contributed by atoms with E-state index in [4.69, 9.17) is 0 Å². The zero-order chi connectivity index (χ0) is 15.0. The highest BCUT2D eigenvalue weighted by molar-refractivity contribution is 5.94. The monoisotopic (exact) mass is 286 g/mol. The molecule has 21 heavy (non-hydrogen) atoms. The van der Waals surface area contributed by atoms with Crippen LogP contribution in [0.5, 0.6) is 0 Å². The van der Waals surface area contributed by atoms with E-state index < -0.39 is 10.7 Å². The lowest BCUT2D eigenvalue weighted by molar-refractivity contribution is -0.385. The van der Waals surface area contributed by atoms with Gasteiger partial charge in [0.2, 0.25) is 0 Å². The van der Waals surface area contributed by atoms with Gasteiger partial charge in [-0.15, -0.1) is 0 Å². The minimum atomic E-state index is -0.678. The normalized spacial score (nSPS) is 10.8. The minimum Gasteiger partial charge on any atom is -0.352 e. The fourth-order valence-corrected chi connectivity index (χ4v) is 2.19. The summed E-state index contributed by atoms with van der Waals surface area (Å²) in [5.74, 6) is -0.678. The van der Waals surface area contributed by atoms with Crippen molar-refractivity contribution in [3.8, 4) is 0 Å². The van der Waals surface area contributed by atoms with Crippen molar-refractivity contribution in [1.29, 1.82) is 0 Å². The van der Waals surface area contributed by atoms with Gasteiger partial charge in [-0.05, 0) is 24.6 Å². The van der Waals surface area contributed by atoms with Crippen LogP contribution in [0, 0.1) is 22.9 Å². The van der Waals surface area contributed by atoms with E-state index in [1.165, 1.54) is 12.1 Å². The maximum atomic E-state index is 13.9. The predicted molar refractivity (Wildman–Crippen MR) is 77.2 cm³/mol. The first-order valence-electron chi connectivity index (χ1n) is 6.20. The number of aryl methyl sites for hydroxylation is 1. The second-order valence-electron chi connectivity index (χ2n) is 4.60. The molecule has 0 aliphatic rings. The number of nitro benzene ring substituents is 1. The quantitative estimate of drug-likeness (QED) is 0.568. The lowest BCUT2D eigenvalue weighted by Gasteiger charge is -2.09. The van der Waals surface area contributed by atoms with Gasteiger partial charge in [-0.3, -0.25) is 10.1 Å². The van der Waals surface area contributed by atoms with Crippen molar-refractivity contribution in [2.75, 3.05) is 5.32 Å². The van der Waals surface area contributed by atoms with Crippen LogP contribution in [0.4, 0.5) is 21.5 Å². The number of hydrogen-bond acceptors (Lipinski definition) is 4. The van der Waals surface area contributed by atoms with Crippen LogP contribution in [0.25, 0.3) is 11.0 Å². The zero-order valence-corrected chi connectivity index (χ0v) is 11.1. The molecule has 2 aromatic heterocycles. The van der Waals surface area contributed by atoms with Gasteiger partial charge in [0.05, 0.1) is 22.4 Å². The lowest BCUT2D eigenvalue weighted by atomic mass is 10.2. The Kier molecular flexibility index (Phi) is 3.02. The standard InChI is InChI=1S/C14H11FN4O2/c1-8-7-17-14-13(8)12(4-5-16-14)18-11-3-2-9(19(20)21)6-10(11)15/h2-7H,1H3,(H2,16,17,18). The van der Waals surface area contributed by atoms with Gasteiger partial charge >= 0.3 is 0 Å². The highest BCUT2D eigenvalue weighted by atomic mass is 19.1. The Morgan fingerprint density at radius 2 is 2.14 bits per heavy atom. The van der Waals surface area contributed by atoms with E-state index >= 15 is 0 Å². The van der Waals surface area contributed by atoms with Crippen LogP contribution in [0.15, 0.2) is 36.7 Å². The Morgan fingerprint density at radius 3 is 2.86 bits per heavy atom. The van der Waals surface area contributed by atoms with Gasteiger partial charge in [0, 0.05) is 23.8 Å². The number of nitrogens with one attached hydrogen (secondary N) is 2. The van der Waals surface area contributed by atoms with Crippen molar-refractivity contribution in [3.05, 3.63) is 58.2 Å². The molecule has 3 aromatic rings. The number of H-pyrrole nitrogens is 1. The molecule has 2 N–H and O–H groups in total. The number of benzene rings is 1. The molecular weight excluding hydrogens is 275 g/mol. The molecule has 0 aliphatic carbocycles. The highest BCUT2D eigenvalue weighted by Gasteiger charge is 2.13. The number of nitro groups is 1. The summed E-state index contributed by atoms with van der Waals surface area (Å²) in [6.07, 6.45) is 3.42. The molecule has 7 heteroatoms. The molecule has 106 valence electrons. The summed E-state index contributed by atoms with van der Waals surface area (Å²) >= 11 is 0. The second kappa shape index (κ2) is 4.86. The molecular formula is C14H11FN4O2. The summed E-state index contributed by atoms with van der Waals surface area (Å²) in [5.41, 5.74) is 2.25. The molecule has 0 atom stereocenters. The number of halogens is 1. The first-order valence-corrected chi connectivity index (χ1v) is 6.20. The van der Waals surface area contributed by atoms with Gasteiger partial charge in [0.25, 0.3) is 5.69 Å². The summed E-state index contributed by atoms with van der Waals surface area (Å²) in [4.78, 5) is 17.2. The number of non-ortho nitro benzene ring substituents is 1. The van der Waals surface area contributed by atoms with E-state index in [1.54, 1.807) is 12.3 Å². The average molecular weight is 286 g/mol. The largest absolute Gasteiger partial charge is 0.352 e. The Bertz CT molecular complexity index is 844. The van der Waals surface area contributed by atoms with Crippen LogP contribution in [-0.2, 0) is 0 Å². The number of aromatic nitrogens is 2. The van der Waals surface area contributed by atoms with Gasteiger partial charge in [0.1, 0.15) is 5.65 Å². The molecule has 0 saturated carbocycles. The third-order valence-electron chi connectivity index (χ3n) is 3.20. The summed E-state index contributed by atoms with van der Waals surface area (Å²) in [5, 5.41) is 14.4. The van der Waals surface area contributed by atoms with Gasteiger partial charge in [0.15, 0.2) is 5.82 Å². The number of anilines is 2. The minimum absolute atomic E-state index is 0.175. The first-order chi connectivity index (χ1) is 10.1. The molecule has 0 amide bonds. The molecule has 3 rings (SSSR count). The van der Waals surface area contributed by atoms with E-state index in [0.29, 0.717) is 11.3 Å². The van der Waals surface area contributed by atoms with Crippen molar-refractivity contribution in [3.63, 3.8) is 0 Å². The molecule has 0 radical (unpaired) electrons. The van der Waals surface area contributed by atoms with E-state index in [-0.39, 0.29) is 11.4 Å². The maximum absolute atomic E-state index is 13.9. The fourth-order valence-electron chi connectivity index (χ4n) is 2.19. The molecule has 6 nitrogen and oxygen atoms in total. The van der Waals surface area contributed by atoms with Crippen molar-refractivity contribution in [2.24, 2.45) is 0 Å².